The number of thiol groups is 1. The number of rotatable bonds is 10. The van der Waals surface area contributed by atoms with Gasteiger partial charge in [-0.1, -0.05) is 13.0 Å². The molecule has 0 bridgehead atoms. The largest absolute Gasteiger partial charge is 0.464 e. The Labute approximate surface area is 229 Å². The number of ether oxygens (including phenoxy) is 1. The second-order valence-electron chi connectivity index (χ2n) is 9.55. The van der Waals surface area contributed by atoms with Gasteiger partial charge in [0.1, 0.15) is 23.7 Å². The molecule has 2 aromatic heterocycles. The highest BCUT2D eigenvalue weighted by Crippen LogP contribution is 2.30. The Bertz CT molecular complexity index is 1430. The summed E-state index contributed by atoms with van der Waals surface area (Å²) in [6.07, 6.45) is 4.20. The van der Waals surface area contributed by atoms with Crippen LogP contribution in [0.1, 0.15) is 31.4 Å². The van der Waals surface area contributed by atoms with Crippen LogP contribution in [0.3, 0.4) is 0 Å². The van der Waals surface area contributed by atoms with Crippen LogP contribution in [-0.4, -0.2) is 74.5 Å². The summed E-state index contributed by atoms with van der Waals surface area (Å²) in [4.78, 5) is 38.6. The summed E-state index contributed by atoms with van der Waals surface area (Å²) in [6, 6.07) is 7.20. The van der Waals surface area contributed by atoms with Gasteiger partial charge in [-0.2, -0.15) is 0 Å². The first-order chi connectivity index (χ1) is 18.7. The number of fused-ring (bicyclic) bond motifs is 1. The quantitative estimate of drug-likeness (QED) is 0.284. The van der Waals surface area contributed by atoms with Crippen molar-refractivity contribution in [2.75, 3.05) is 42.2 Å². The number of hydrogen-bond donors (Lipinski definition) is 2. The van der Waals surface area contributed by atoms with Gasteiger partial charge in [-0.3, -0.25) is 9.10 Å². The van der Waals surface area contributed by atoms with E-state index >= 15 is 0 Å². The molecule has 4 rings (SSSR count). The number of likely N-dealkylation sites (tertiary alicyclic amines) is 1. The van der Waals surface area contributed by atoms with E-state index in [4.69, 9.17) is 10.5 Å². The lowest BCUT2D eigenvalue weighted by Gasteiger charge is -2.29. The lowest BCUT2D eigenvalue weighted by molar-refractivity contribution is -0.153. The van der Waals surface area contributed by atoms with Crippen molar-refractivity contribution in [3.63, 3.8) is 0 Å². The van der Waals surface area contributed by atoms with Crippen molar-refractivity contribution in [1.82, 2.24) is 14.9 Å². The Morgan fingerprint density at radius 3 is 2.56 bits per heavy atom. The van der Waals surface area contributed by atoms with Crippen LogP contribution in [-0.2, 0) is 38.1 Å². The van der Waals surface area contributed by atoms with Gasteiger partial charge < -0.3 is 20.3 Å². The standard InChI is InChI=1S/C27H34N6O5S/c1-5-17-14-21-18(9-11-29-25(21)28)13-19(17)15-23(27(35)38-6-2)32-12-10-22(26(32)34)33(39(36)37)20-7-8-24(30-16-20)31(3)4/h7-9,11,13-14,16,22-23,39H,5-6,10,12,15H2,1-4H3,(H2,28,29)/t22-,23+/m0/s1. The number of esters is 1. The molecule has 3 aromatic rings. The topological polar surface area (TPSA) is 139 Å². The number of carbonyl (C=O) groups is 2. The van der Waals surface area contributed by atoms with Gasteiger partial charge in [0.05, 0.1) is 18.5 Å². The first kappa shape index (κ1) is 28.1. The highest BCUT2D eigenvalue weighted by Gasteiger charge is 2.43. The first-order valence-corrected chi connectivity index (χ1v) is 14.0. The van der Waals surface area contributed by atoms with E-state index in [0.717, 1.165) is 26.2 Å². The first-order valence-electron chi connectivity index (χ1n) is 12.9. The Morgan fingerprint density at radius 2 is 1.95 bits per heavy atom. The molecule has 2 N–H and O–H groups in total. The number of hydrogen-bond acceptors (Lipinski definition) is 9. The minimum absolute atomic E-state index is 0.157. The third-order valence-corrected chi connectivity index (χ3v) is 7.84. The van der Waals surface area contributed by atoms with E-state index in [-0.39, 0.29) is 26.0 Å². The van der Waals surface area contributed by atoms with E-state index in [0.29, 0.717) is 23.7 Å². The van der Waals surface area contributed by atoms with Crippen molar-refractivity contribution < 1.29 is 22.7 Å². The molecule has 39 heavy (non-hydrogen) atoms. The smallest absolute Gasteiger partial charge is 0.329 e. The Balaban J connectivity index is 1.67. The minimum Gasteiger partial charge on any atom is -0.464 e. The SMILES string of the molecule is CCOC(=O)[C@@H](Cc1cc2ccnc(N)c2cc1CC)N1CC[C@H](N(c2ccc(N(C)C)nc2)[SH](=O)=O)C1=O. The van der Waals surface area contributed by atoms with E-state index in [2.05, 4.69) is 9.97 Å². The van der Waals surface area contributed by atoms with Crippen molar-refractivity contribution in [3.8, 4) is 0 Å². The number of aryl methyl sites for hydroxylation is 1. The summed E-state index contributed by atoms with van der Waals surface area (Å²) >= 11 is 0. The summed E-state index contributed by atoms with van der Waals surface area (Å²) in [5, 5.41) is 1.71. The fraction of sp³-hybridized carbons (Fsp3) is 0.407. The van der Waals surface area contributed by atoms with Crippen LogP contribution in [0.5, 0.6) is 0 Å². The summed E-state index contributed by atoms with van der Waals surface area (Å²) in [5.74, 6) is 0.101. The van der Waals surface area contributed by atoms with Gasteiger partial charge in [0, 0.05) is 38.6 Å². The number of amides is 1. The molecule has 3 heterocycles. The molecule has 1 saturated heterocycles. The summed E-state index contributed by atoms with van der Waals surface area (Å²) in [5.41, 5.74) is 8.24. The van der Waals surface area contributed by atoms with Gasteiger partial charge in [-0.05, 0) is 60.5 Å². The fourth-order valence-electron chi connectivity index (χ4n) is 5.01. The molecule has 1 aliphatic heterocycles. The van der Waals surface area contributed by atoms with Crippen LogP contribution >= 0.6 is 0 Å². The van der Waals surface area contributed by atoms with Crippen LogP contribution in [0, 0.1) is 0 Å². The lowest BCUT2D eigenvalue weighted by atomic mass is 9.94. The Kier molecular flexibility index (Phi) is 8.54. The van der Waals surface area contributed by atoms with E-state index in [1.54, 1.807) is 30.2 Å². The highest BCUT2D eigenvalue weighted by atomic mass is 32.2. The molecule has 1 amide bonds. The normalized spacial score (nSPS) is 16.1. The second-order valence-corrected chi connectivity index (χ2v) is 10.5. The zero-order chi connectivity index (χ0) is 28.3. The van der Waals surface area contributed by atoms with Gasteiger partial charge >= 0.3 is 5.97 Å². The molecule has 0 unspecified atom stereocenters. The average molecular weight is 555 g/mol. The van der Waals surface area contributed by atoms with Crippen LogP contribution in [0.25, 0.3) is 10.8 Å². The molecule has 1 aliphatic rings. The molecule has 0 saturated carbocycles. The third-order valence-electron chi connectivity index (χ3n) is 6.98. The number of carbonyl (C=O) groups excluding carboxylic acids is 2. The number of benzene rings is 1. The fourth-order valence-corrected chi connectivity index (χ4v) is 5.76. The predicted octanol–water partition coefficient (Wildman–Crippen LogP) is 1.95. The zero-order valence-electron chi connectivity index (χ0n) is 22.5. The average Bonchev–Trinajstić information content (AvgIpc) is 3.27. The van der Waals surface area contributed by atoms with Crippen LogP contribution in [0.4, 0.5) is 17.3 Å². The molecular weight excluding hydrogens is 520 g/mol. The third kappa shape index (κ3) is 5.75. The zero-order valence-corrected chi connectivity index (χ0v) is 23.4. The molecule has 1 aromatic carbocycles. The van der Waals surface area contributed by atoms with Gasteiger partial charge in [-0.15, -0.1) is 0 Å². The number of nitrogen functional groups attached to an aromatic ring is 1. The monoisotopic (exact) mass is 554 g/mol. The molecule has 11 nitrogen and oxygen atoms in total. The maximum atomic E-state index is 13.7. The number of aromatic nitrogens is 2. The number of nitrogens with two attached hydrogens (primary N) is 1. The predicted molar refractivity (Wildman–Crippen MR) is 151 cm³/mol. The van der Waals surface area contributed by atoms with Crippen LogP contribution in [0.2, 0.25) is 0 Å². The number of anilines is 3. The van der Waals surface area contributed by atoms with Crippen molar-refractivity contribution in [2.24, 2.45) is 0 Å². The second kappa shape index (κ2) is 11.9. The molecule has 208 valence electrons. The Morgan fingerprint density at radius 1 is 1.18 bits per heavy atom. The maximum absolute atomic E-state index is 13.7. The van der Waals surface area contributed by atoms with Crippen molar-refractivity contribution >= 4 is 50.9 Å². The van der Waals surface area contributed by atoms with Crippen molar-refractivity contribution in [3.05, 3.63) is 53.9 Å². The number of nitrogens with zero attached hydrogens (tertiary/aromatic N) is 5. The van der Waals surface area contributed by atoms with Gasteiger partial charge in [0.2, 0.25) is 16.8 Å². The van der Waals surface area contributed by atoms with Gasteiger partial charge in [-0.25, -0.2) is 23.2 Å². The molecule has 0 spiro atoms. The van der Waals surface area contributed by atoms with Crippen LogP contribution in [0.15, 0.2) is 42.7 Å². The minimum atomic E-state index is -3.14. The van der Waals surface area contributed by atoms with E-state index < -0.39 is 34.9 Å². The van der Waals surface area contributed by atoms with Crippen molar-refractivity contribution in [1.29, 1.82) is 0 Å². The summed E-state index contributed by atoms with van der Waals surface area (Å²) < 4.78 is 31.1. The highest BCUT2D eigenvalue weighted by molar-refractivity contribution is 7.74. The summed E-state index contributed by atoms with van der Waals surface area (Å²) in [7, 11) is 0.509. The summed E-state index contributed by atoms with van der Waals surface area (Å²) in [6.45, 7) is 4.08. The van der Waals surface area contributed by atoms with E-state index in [9.17, 15) is 18.0 Å². The van der Waals surface area contributed by atoms with E-state index in [1.807, 2.05) is 39.2 Å². The Hall–Kier alpha value is -3.93. The molecule has 1 fully saturated rings. The molecular formula is C27H34N6O5S. The number of pyridine rings is 2. The maximum Gasteiger partial charge on any atom is 0.329 e. The van der Waals surface area contributed by atoms with E-state index in [1.165, 1.54) is 11.1 Å². The molecule has 0 aliphatic carbocycles. The molecule has 0 radical (unpaired) electrons. The van der Waals surface area contributed by atoms with Gasteiger partial charge in [0.25, 0.3) is 0 Å². The van der Waals surface area contributed by atoms with Crippen LogP contribution < -0.4 is 14.9 Å². The lowest BCUT2D eigenvalue weighted by Crippen LogP contribution is -2.48. The molecule has 12 heteroatoms. The van der Waals surface area contributed by atoms with Crippen molar-refractivity contribution in [2.45, 2.75) is 45.2 Å². The van der Waals surface area contributed by atoms with Gasteiger partial charge in [0.15, 0.2) is 0 Å². The molecule has 2 atom stereocenters.